The Morgan fingerprint density at radius 2 is 1.90 bits per heavy atom. The molecule has 0 saturated heterocycles. The molecule has 0 aromatic heterocycles. The Bertz CT molecular complexity index is 381. The first-order valence-corrected chi connectivity index (χ1v) is 7.22. The van der Waals surface area contributed by atoms with Crippen molar-refractivity contribution < 1.29 is 14.2 Å². The molecule has 20 heavy (non-hydrogen) atoms. The SMILES string of the molecule is CC(C)NC(C)(CO)CCCCOc1ccc(F)cc1. The van der Waals surface area contributed by atoms with Crippen molar-refractivity contribution in [2.75, 3.05) is 13.2 Å². The summed E-state index contributed by atoms with van der Waals surface area (Å²) in [6, 6.07) is 6.40. The molecule has 1 rings (SSSR count). The lowest BCUT2D eigenvalue weighted by Gasteiger charge is -2.31. The summed E-state index contributed by atoms with van der Waals surface area (Å²) in [5, 5.41) is 12.9. The molecule has 2 N–H and O–H groups in total. The van der Waals surface area contributed by atoms with Crippen molar-refractivity contribution >= 4 is 0 Å². The van der Waals surface area contributed by atoms with Crippen LogP contribution in [0.3, 0.4) is 0 Å². The zero-order valence-electron chi connectivity index (χ0n) is 12.7. The molecule has 0 spiro atoms. The molecular weight excluding hydrogens is 257 g/mol. The molecule has 1 aromatic carbocycles. The summed E-state index contributed by atoms with van der Waals surface area (Å²) in [7, 11) is 0. The average Bonchev–Trinajstić information content (AvgIpc) is 2.40. The van der Waals surface area contributed by atoms with Crippen molar-refractivity contribution in [3.05, 3.63) is 30.1 Å². The Hall–Kier alpha value is -1.13. The van der Waals surface area contributed by atoms with Gasteiger partial charge in [-0.15, -0.1) is 0 Å². The number of benzene rings is 1. The first-order valence-electron chi connectivity index (χ1n) is 7.22. The molecule has 0 radical (unpaired) electrons. The fraction of sp³-hybridized carbons (Fsp3) is 0.625. The maximum Gasteiger partial charge on any atom is 0.123 e. The Labute approximate surface area is 121 Å². The third-order valence-corrected chi connectivity index (χ3v) is 3.19. The molecule has 0 saturated carbocycles. The molecule has 0 aliphatic rings. The van der Waals surface area contributed by atoms with Gasteiger partial charge < -0.3 is 15.2 Å². The number of aliphatic hydroxyl groups excluding tert-OH is 1. The highest BCUT2D eigenvalue weighted by molar-refractivity contribution is 5.21. The van der Waals surface area contributed by atoms with Crippen molar-refractivity contribution in [1.82, 2.24) is 5.32 Å². The number of halogens is 1. The van der Waals surface area contributed by atoms with E-state index in [2.05, 4.69) is 19.2 Å². The highest BCUT2D eigenvalue weighted by atomic mass is 19.1. The summed E-state index contributed by atoms with van der Waals surface area (Å²) in [5.41, 5.74) is -0.232. The van der Waals surface area contributed by atoms with Crippen LogP contribution in [0.2, 0.25) is 0 Å². The van der Waals surface area contributed by atoms with Gasteiger partial charge in [0.25, 0.3) is 0 Å². The number of aliphatic hydroxyl groups is 1. The number of hydrogen-bond acceptors (Lipinski definition) is 3. The fourth-order valence-electron chi connectivity index (χ4n) is 2.23. The molecule has 1 unspecified atom stereocenters. The molecule has 4 heteroatoms. The van der Waals surface area contributed by atoms with E-state index in [1.165, 1.54) is 12.1 Å². The summed E-state index contributed by atoms with van der Waals surface area (Å²) >= 11 is 0. The van der Waals surface area contributed by atoms with Crippen LogP contribution in [0, 0.1) is 5.82 Å². The molecule has 3 nitrogen and oxygen atoms in total. The van der Waals surface area contributed by atoms with Gasteiger partial charge in [0.1, 0.15) is 11.6 Å². The van der Waals surface area contributed by atoms with Gasteiger partial charge in [-0.1, -0.05) is 13.8 Å². The van der Waals surface area contributed by atoms with Gasteiger partial charge in [-0.3, -0.25) is 0 Å². The Morgan fingerprint density at radius 3 is 2.45 bits per heavy atom. The molecule has 0 heterocycles. The number of rotatable bonds is 9. The van der Waals surface area contributed by atoms with E-state index in [4.69, 9.17) is 4.74 Å². The molecule has 1 atom stereocenters. The first-order chi connectivity index (χ1) is 9.45. The second-order valence-corrected chi connectivity index (χ2v) is 5.78. The largest absolute Gasteiger partial charge is 0.494 e. The lowest BCUT2D eigenvalue weighted by Crippen LogP contribution is -2.49. The zero-order chi connectivity index (χ0) is 15.0. The van der Waals surface area contributed by atoms with Gasteiger partial charge in [-0.25, -0.2) is 4.39 Å². The van der Waals surface area contributed by atoms with Gasteiger partial charge in [0.2, 0.25) is 0 Å². The number of ether oxygens (including phenoxy) is 1. The van der Waals surface area contributed by atoms with Crippen LogP contribution in [-0.4, -0.2) is 29.9 Å². The molecule has 0 aliphatic heterocycles. The van der Waals surface area contributed by atoms with Gasteiger partial charge in [-0.2, -0.15) is 0 Å². The maximum absolute atomic E-state index is 12.7. The Balaban J connectivity index is 2.22. The van der Waals surface area contributed by atoms with Gasteiger partial charge in [0, 0.05) is 11.6 Å². The van der Waals surface area contributed by atoms with E-state index >= 15 is 0 Å². The van der Waals surface area contributed by atoms with E-state index in [0.29, 0.717) is 18.4 Å². The smallest absolute Gasteiger partial charge is 0.123 e. The fourth-order valence-corrected chi connectivity index (χ4v) is 2.23. The monoisotopic (exact) mass is 283 g/mol. The average molecular weight is 283 g/mol. The topological polar surface area (TPSA) is 41.5 Å². The second-order valence-electron chi connectivity index (χ2n) is 5.78. The molecule has 0 aliphatic carbocycles. The van der Waals surface area contributed by atoms with Crippen molar-refractivity contribution in [3.63, 3.8) is 0 Å². The van der Waals surface area contributed by atoms with Crippen LogP contribution in [0.1, 0.15) is 40.0 Å². The first kappa shape index (κ1) is 16.9. The molecular formula is C16H26FNO2. The van der Waals surface area contributed by atoms with E-state index < -0.39 is 0 Å². The van der Waals surface area contributed by atoms with Crippen LogP contribution < -0.4 is 10.1 Å². The predicted molar refractivity (Wildman–Crippen MR) is 79.5 cm³/mol. The third-order valence-electron chi connectivity index (χ3n) is 3.19. The van der Waals surface area contributed by atoms with E-state index in [1.807, 2.05) is 6.92 Å². The van der Waals surface area contributed by atoms with E-state index in [9.17, 15) is 9.50 Å². The highest BCUT2D eigenvalue weighted by Crippen LogP contribution is 2.16. The summed E-state index contributed by atoms with van der Waals surface area (Å²) in [6.07, 6.45) is 2.78. The molecule has 0 amide bonds. The normalized spacial score (nSPS) is 14.3. The summed E-state index contributed by atoms with van der Waals surface area (Å²) in [6.45, 7) is 6.92. The van der Waals surface area contributed by atoms with Crippen LogP contribution in [0.5, 0.6) is 5.75 Å². The van der Waals surface area contributed by atoms with Crippen LogP contribution in [0.25, 0.3) is 0 Å². The van der Waals surface area contributed by atoms with Gasteiger partial charge >= 0.3 is 0 Å². The van der Waals surface area contributed by atoms with Crippen molar-refractivity contribution in [1.29, 1.82) is 0 Å². The summed E-state index contributed by atoms with van der Waals surface area (Å²) < 4.78 is 18.3. The van der Waals surface area contributed by atoms with Crippen molar-refractivity contribution in [2.45, 2.75) is 51.6 Å². The molecule has 0 fully saturated rings. The maximum atomic E-state index is 12.7. The second kappa shape index (κ2) is 8.22. The summed E-state index contributed by atoms with van der Waals surface area (Å²) in [4.78, 5) is 0. The Morgan fingerprint density at radius 1 is 1.25 bits per heavy atom. The number of hydrogen-bond donors (Lipinski definition) is 2. The van der Waals surface area contributed by atoms with Gasteiger partial charge in [-0.05, 0) is 50.5 Å². The quantitative estimate of drug-likeness (QED) is 0.684. The predicted octanol–water partition coefficient (Wildman–Crippen LogP) is 3.12. The standard InChI is InChI=1S/C16H26FNO2/c1-13(2)18-16(3,12-19)10-4-5-11-20-15-8-6-14(17)7-9-15/h6-9,13,18-19H,4-5,10-12H2,1-3H3. The number of nitrogens with one attached hydrogen (secondary N) is 1. The molecule has 0 bridgehead atoms. The minimum absolute atomic E-state index is 0.129. The minimum Gasteiger partial charge on any atom is -0.494 e. The van der Waals surface area contributed by atoms with Crippen LogP contribution in [-0.2, 0) is 0 Å². The minimum atomic E-state index is -0.254. The zero-order valence-corrected chi connectivity index (χ0v) is 12.7. The van der Waals surface area contributed by atoms with Gasteiger partial charge in [0.15, 0.2) is 0 Å². The lowest BCUT2D eigenvalue weighted by atomic mass is 9.95. The Kier molecular flexibility index (Phi) is 6.96. The van der Waals surface area contributed by atoms with Crippen molar-refractivity contribution in [2.24, 2.45) is 0 Å². The third kappa shape index (κ3) is 6.35. The van der Waals surface area contributed by atoms with Crippen LogP contribution in [0.15, 0.2) is 24.3 Å². The molecule has 1 aromatic rings. The van der Waals surface area contributed by atoms with Crippen LogP contribution >= 0.6 is 0 Å². The van der Waals surface area contributed by atoms with Crippen LogP contribution in [0.4, 0.5) is 4.39 Å². The van der Waals surface area contributed by atoms with E-state index in [0.717, 1.165) is 19.3 Å². The summed E-state index contributed by atoms with van der Waals surface area (Å²) in [5.74, 6) is 0.437. The van der Waals surface area contributed by atoms with E-state index in [1.54, 1.807) is 12.1 Å². The number of unbranched alkanes of at least 4 members (excludes halogenated alkanes) is 1. The lowest BCUT2D eigenvalue weighted by molar-refractivity contribution is 0.152. The van der Waals surface area contributed by atoms with E-state index in [-0.39, 0.29) is 18.0 Å². The van der Waals surface area contributed by atoms with Crippen molar-refractivity contribution in [3.8, 4) is 5.75 Å². The van der Waals surface area contributed by atoms with Gasteiger partial charge in [0.05, 0.1) is 13.2 Å². The molecule has 114 valence electrons. The highest BCUT2D eigenvalue weighted by Gasteiger charge is 2.22.